The average molecular weight is 296 g/mol. The summed E-state index contributed by atoms with van der Waals surface area (Å²) in [5.74, 6) is 1.11. The Kier molecular flexibility index (Phi) is 3.82. The van der Waals surface area contributed by atoms with Gasteiger partial charge in [-0.3, -0.25) is 0 Å². The molecule has 21 heavy (non-hydrogen) atoms. The molecule has 0 radical (unpaired) electrons. The van der Waals surface area contributed by atoms with Crippen molar-refractivity contribution >= 4 is 12.0 Å². The number of carboxylic acids is 1. The molecule has 2 N–H and O–H groups in total. The van der Waals surface area contributed by atoms with Crippen molar-refractivity contribution < 1.29 is 19.8 Å². The fraction of sp³-hybridized carbons (Fsp3) is 0.867. The molecule has 1 heterocycles. The summed E-state index contributed by atoms with van der Waals surface area (Å²) >= 11 is 0. The molecule has 6 nitrogen and oxygen atoms in total. The van der Waals surface area contributed by atoms with Gasteiger partial charge in [-0.05, 0) is 37.0 Å². The Balaban J connectivity index is 1.60. The van der Waals surface area contributed by atoms with E-state index in [1.165, 1.54) is 30.6 Å². The van der Waals surface area contributed by atoms with Crippen LogP contribution in [0, 0.1) is 17.8 Å². The van der Waals surface area contributed by atoms with Crippen LogP contribution in [0.15, 0.2) is 0 Å². The van der Waals surface area contributed by atoms with Gasteiger partial charge in [-0.25, -0.2) is 9.59 Å². The summed E-state index contributed by atoms with van der Waals surface area (Å²) in [5.41, 5.74) is 0. The highest BCUT2D eigenvalue weighted by atomic mass is 16.4. The van der Waals surface area contributed by atoms with Crippen molar-refractivity contribution in [1.82, 2.24) is 9.80 Å². The topological polar surface area (TPSA) is 81.1 Å². The molecule has 5 atom stereocenters. The Hall–Kier alpha value is -1.30. The summed E-state index contributed by atoms with van der Waals surface area (Å²) in [5, 5.41) is 18.8. The molecule has 1 aliphatic heterocycles. The summed E-state index contributed by atoms with van der Waals surface area (Å²) in [6.07, 6.45) is 4.50. The highest BCUT2D eigenvalue weighted by molar-refractivity contribution is 5.83. The zero-order chi connectivity index (χ0) is 15.1. The average Bonchev–Trinajstić information content (AvgIpc) is 3.12. The van der Waals surface area contributed by atoms with Crippen LogP contribution in [-0.2, 0) is 4.79 Å². The number of aliphatic hydroxyl groups excluding tert-OH is 1. The lowest BCUT2D eigenvalue weighted by Gasteiger charge is -2.31. The highest BCUT2D eigenvalue weighted by Gasteiger charge is 2.43. The van der Waals surface area contributed by atoms with E-state index in [1.807, 2.05) is 0 Å². The Morgan fingerprint density at radius 3 is 2.57 bits per heavy atom. The van der Waals surface area contributed by atoms with Gasteiger partial charge < -0.3 is 20.0 Å². The van der Waals surface area contributed by atoms with Crippen LogP contribution in [0.4, 0.5) is 4.79 Å². The Bertz CT molecular complexity index is 441. The van der Waals surface area contributed by atoms with Crippen LogP contribution < -0.4 is 0 Å². The molecule has 3 aliphatic rings. The van der Waals surface area contributed by atoms with Crippen molar-refractivity contribution in [3.63, 3.8) is 0 Å². The summed E-state index contributed by atoms with van der Waals surface area (Å²) in [6.45, 7) is 0.829. The van der Waals surface area contributed by atoms with Gasteiger partial charge >= 0.3 is 12.0 Å². The summed E-state index contributed by atoms with van der Waals surface area (Å²) in [6, 6.07) is -1.16. The first kappa shape index (κ1) is 14.6. The molecule has 3 fully saturated rings. The quantitative estimate of drug-likeness (QED) is 0.814. The molecule has 6 heteroatoms. The van der Waals surface area contributed by atoms with Crippen LogP contribution in [0.25, 0.3) is 0 Å². The first-order valence-corrected chi connectivity index (χ1v) is 7.88. The van der Waals surface area contributed by atoms with Crippen molar-refractivity contribution in [3.8, 4) is 0 Å². The van der Waals surface area contributed by atoms with Crippen LogP contribution in [0.3, 0.4) is 0 Å². The van der Waals surface area contributed by atoms with Gasteiger partial charge in [0.05, 0.1) is 6.10 Å². The number of likely N-dealkylation sites (tertiary alicyclic amines) is 1. The van der Waals surface area contributed by atoms with Crippen LogP contribution >= 0.6 is 0 Å². The monoisotopic (exact) mass is 296 g/mol. The van der Waals surface area contributed by atoms with E-state index < -0.39 is 18.1 Å². The standard InChI is InChI=1S/C15H24N2O4/c1-16(7-11-5-9-2-3-10(11)4-9)15(21)17-8-12(18)6-13(17)14(19)20/h9-13,18H,2-8H2,1H3,(H,19,20). The molecule has 5 unspecified atom stereocenters. The minimum Gasteiger partial charge on any atom is -0.480 e. The number of carbonyl (C=O) groups is 2. The fourth-order valence-electron chi connectivity index (χ4n) is 4.51. The van der Waals surface area contributed by atoms with Gasteiger partial charge in [0.25, 0.3) is 0 Å². The van der Waals surface area contributed by atoms with Gasteiger partial charge in [0.15, 0.2) is 0 Å². The third-order valence-electron chi connectivity index (χ3n) is 5.53. The van der Waals surface area contributed by atoms with E-state index in [9.17, 15) is 19.8 Å². The van der Waals surface area contributed by atoms with E-state index in [0.717, 1.165) is 11.8 Å². The number of carbonyl (C=O) groups excluding carboxylic acids is 1. The first-order chi connectivity index (χ1) is 9.95. The molecule has 2 bridgehead atoms. The lowest BCUT2D eigenvalue weighted by molar-refractivity contribution is -0.141. The molecule has 0 aromatic rings. The van der Waals surface area contributed by atoms with Crippen LogP contribution in [0.5, 0.6) is 0 Å². The van der Waals surface area contributed by atoms with Crippen molar-refractivity contribution in [1.29, 1.82) is 0 Å². The van der Waals surface area contributed by atoms with E-state index >= 15 is 0 Å². The smallest absolute Gasteiger partial charge is 0.326 e. The molecule has 118 valence electrons. The third-order valence-corrected chi connectivity index (χ3v) is 5.53. The number of nitrogens with zero attached hydrogens (tertiary/aromatic N) is 2. The maximum atomic E-state index is 12.5. The van der Waals surface area contributed by atoms with Gasteiger partial charge in [-0.15, -0.1) is 0 Å². The number of β-amino-alcohol motifs (C(OH)–C–C–N with tert-alkyl or cyclic N) is 1. The fourth-order valence-corrected chi connectivity index (χ4v) is 4.51. The number of aliphatic carboxylic acids is 1. The molecule has 2 aliphatic carbocycles. The lowest BCUT2D eigenvalue weighted by Crippen LogP contribution is -2.48. The number of amides is 2. The minimum atomic E-state index is -1.03. The van der Waals surface area contributed by atoms with Crippen molar-refractivity contribution in [2.75, 3.05) is 20.1 Å². The molecule has 3 rings (SSSR count). The van der Waals surface area contributed by atoms with Crippen molar-refractivity contribution in [2.24, 2.45) is 17.8 Å². The maximum absolute atomic E-state index is 12.5. The Morgan fingerprint density at radius 2 is 2.00 bits per heavy atom. The van der Waals surface area contributed by atoms with Gasteiger partial charge in [0, 0.05) is 26.6 Å². The van der Waals surface area contributed by atoms with Gasteiger partial charge in [-0.1, -0.05) is 6.42 Å². The van der Waals surface area contributed by atoms with Crippen molar-refractivity contribution in [3.05, 3.63) is 0 Å². The molecular formula is C15H24N2O4. The third kappa shape index (κ3) is 2.73. The largest absolute Gasteiger partial charge is 0.480 e. The zero-order valence-electron chi connectivity index (χ0n) is 12.4. The van der Waals surface area contributed by atoms with E-state index in [4.69, 9.17) is 0 Å². The first-order valence-electron chi connectivity index (χ1n) is 7.88. The highest BCUT2D eigenvalue weighted by Crippen LogP contribution is 2.48. The maximum Gasteiger partial charge on any atom is 0.326 e. The number of hydrogen-bond donors (Lipinski definition) is 2. The normalized spacial score (nSPS) is 38.0. The SMILES string of the molecule is CN(CC1CC2CCC1C2)C(=O)N1CC(O)CC1C(=O)O. The molecule has 0 aromatic heterocycles. The predicted molar refractivity (Wildman–Crippen MR) is 75.7 cm³/mol. The number of carboxylic acid groups (broad SMARTS) is 1. The van der Waals surface area contributed by atoms with Gasteiger partial charge in [0.1, 0.15) is 6.04 Å². The zero-order valence-corrected chi connectivity index (χ0v) is 12.4. The molecule has 1 saturated heterocycles. The molecular weight excluding hydrogens is 272 g/mol. The lowest BCUT2D eigenvalue weighted by atomic mass is 9.88. The van der Waals surface area contributed by atoms with E-state index in [-0.39, 0.29) is 19.0 Å². The van der Waals surface area contributed by atoms with Crippen molar-refractivity contribution in [2.45, 2.75) is 44.2 Å². The molecule has 0 spiro atoms. The Labute approximate surface area is 124 Å². The number of rotatable bonds is 3. The number of hydrogen-bond acceptors (Lipinski definition) is 3. The molecule has 2 saturated carbocycles. The number of urea groups is 1. The van der Waals surface area contributed by atoms with Gasteiger partial charge in [0.2, 0.25) is 0 Å². The molecule has 0 aromatic carbocycles. The number of fused-ring (bicyclic) bond motifs is 2. The summed E-state index contributed by atoms with van der Waals surface area (Å²) < 4.78 is 0. The second kappa shape index (κ2) is 5.48. The Morgan fingerprint density at radius 1 is 1.24 bits per heavy atom. The van der Waals surface area contributed by atoms with E-state index in [2.05, 4.69) is 0 Å². The second-order valence-electron chi connectivity index (χ2n) is 6.99. The predicted octanol–water partition coefficient (Wildman–Crippen LogP) is 0.994. The van der Waals surface area contributed by atoms with E-state index in [1.54, 1.807) is 11.9 Å². The number of aliphatic hydroxyl groups is 1. The van der Waals surface area contributed by atoms with Crippen LogP contribution in [0.1, 0.15) is 32.1 Å². The summed E-state index contributed by atoms with van der Waals surface area (Å²) in [4.78, 5) is 26.6. The second-order valence-corrected chi connectivity index (χ2v) is 6.99. The minimum absolute atomic E-state index is 0.122. The van der Waals surface area contributed by atoms with Gasteiger partial charge in [-0.2, -0.15) is 0 Å². The van der Waals surface area contributed by atoms with Crippen LogP contribution in [-0.4, -0.2) is 64.3 Å². The molecule has 2 amide bonds. The van der Waals surface area contributed by atoms with Crippen LogP contribution in [0.2, 0.25) is 0 Å². The summed E-state index contributed by atoms with van der Waals surface area (Å²) in [7, 11) is 1.75. The van der Waals surface area contributed by atoms with E-state index in [0.29, 0.717) is 12.5 Å².